The largest absolute Gasteiger partial charge is 0.311 e. The molecular formula is C9H15ClN2O2. The first-order chi connectivity index (χ1) is 6.16. The Labute approximate surface area is 89.5 Å². The summed E-state index contributed by atoms with van der Waals surface area (Å²) in [6, 6.07) is 0. The Balaban J connectivity index is 0.00000169. The van der Waals surface area contributed by atoms with E-state index in [-0.39, 0.29) is 24.2 Å². The lowest BCUT2D eigenvalue weighted by molar-refractivity contribution is -0.139. The molecule has 0 saturated carbocycles. The Hall–Kier alpha value is -0.870. The van der Waals surface area contributed by atoms with Gasteiger partial charge in [-0.1, -0.05) is 19.8 Å². The fourth-order valence-electron chi connectivity index (χ4n) is 1.28. The molecule has 14 heavy (non-hydrogen) atoms. The van der Waals surface area contributed by atoms with Crippen molar-refractivity contribution >= 4 is 24.2 Å². The van der Waals surface area contributed by atoms with Crippen LogP contribution in [0.4, 0.5) is 0 Å². The van der Waals surface area contributed by atoms with Crippen molar-refractivity contribution in [2.45, 2.75) is 32.4 Å². The van der Waals surface area contributed by atoms with Gasteiger partial charge in [0, 0.05) is 12.2 Å². The quantitative estimate of drug-likeness (QED) is 0.711. The van der Waals surface area contributed by atoms with E-state index >= 15 is 0 Å². The molecule has 2 N–H and O–H groups in total. The topological polar surface area (TPSA) is 63.4 Å². The molecule has 80 valence electrons. The molecule has 1 unspecified atom stereocenters. The summed E-state index contributed by atoms with van der Waals surface area (Å²) in [7, 11) is 0. The summed E-state index contributed by atoms with van der Waals surface area (Å²) in [4.78, 5) is 23.4. The van der Waals surface area contributed by atoms with Gasteiger partial charge in [-0.25, -0.2) is 0 Å². The lowest BCUT2D eigenvalue weighted by Gasteiger charge is -2.21. The second-order valence-corrected chi connectivity index (χ2v) is 3.09. The van der Waals surface area contributed by atoms with Crippen molar-refractivity contribution in [3.63, 3.8) is 0 Å². The molecule has 0 saturated heterocycles. The van der Waals surface area contributed by atoms with Gasteiger partial charge in [0.2, 0.25) is 0 Å². The highest BCUT2D eigenvalue weighted by molar-refractivity contribution is 6.13. The molecule has 1 aliphatic heterocycles. The molecule has 0 aliphatic carbocycles. The van der Waals surface area contributed by atoms with Gasteiger partial charge in [0.1, 0.15) is 0 Å². The van der Waals surface area contributed by atoms with Crippen molar-refractivity contribution in [3.8, 4) is 0 Å². The fourth-order valence-corrected chi connectivity index (χ4v) is 1.28. The number of hydrogen-bond acceptors (Lipinski definition) is 3. The minimum atomic E-state index is -0.463. The number of carbonyl (C=O) groups is 2. The van der Waals surface area contributed by atoms with Gasteiger partial charge in [-0.2, -0.15) is 0 Å². The zero-order valence-electron chi connectivity index (χ0n) is 8.10. The van der Waals surface area contributed by atoms with E-state index in [1.54, 1.807) is 0 Å². The number of nitrogens with zero attached hydrogens (tertiary/aromatic N) is 1. The van der Waals surface area contributed by atoms with Crippen LogP contribution in [0.3, 0.4) is 0 Å². The van der Waals surface area contributed by atoms with Crippen molar-refractivity contribution in [1.29, 1.82) is 0 Å². The molecular weight excluding hydrogens is 204 g/mol. The van der Waals surface area contributed by atoms with Gasteiger partial charge in [-0.15, -0.1) is 12.4 Å². The Kier molecular flexibility index (Phi) is 5.42. The maximum atomic E-state index is 11.1. The van der Waals surface area contributed by atoms with Crippen LogP contribution < -0.4 is 5.73 Å². The molecule has 2 amide bonds. The maximum absolute atomic E-state index is 11.1. The maximum Gasteiger partial charge on any atom is 0.254 e. The van der Waals surface area contributed by atoms with Crippen LogP contribution in [0.2, 0.25) is 0 Å². The third-order valence-electron chi connectivity index (χ3n) is 2.03. The smallest absolute Gasteiger partial charge is 0.254 e. The molecule has 0 aromatic heterocycles. The van der Waals surface area contributed by atoms with Gasteiger partial charge in [0.05, 0.1) is 6.17 Å². The molecule has 1 heterocycles. The van der Waals surface area contributed by atoms with Crippen LogP contribution in [0, 0.1) is 0 Å². The van der Waals surface area contributed by atoms with E-state index in [0.29, 0.717) is 6.42 Å². The minimum absolute atomic E-state index is 0. The van der Waals surface area contributed by atoms with Gasteiger partial charge in [-0.3, -0.25) is 14.5 Å². The number of carbonyl (C=O) groups excluding carboxylic acids is 2. The van der Waals surface area contributed by atoms with Gasteiger partial charge in [0.15, 0.2) is 0 Å². The zero-order chi connectivity index (χ0) is 9.84. The second kappa shape index (κ2) is 5.78. The van der Waals surface area contributed by atoms with Gasteiger partial charge < -0.3 is 5.73 Å². The summed E-state index contributed by atoms with van der Waals surface area (Å²) in [6.07, 6.45) is 4.67. The van der Waals surface area contributed by atoms with Crippen LogP contribution in [0.25, 0.3) is 0 Å². The van der Waals surface area contributed by atoms with Crippen molar-refractivity contribution in [1.82, 2.24) is 4.90 Å². The van der Waals surface area contributed by atoms with Crippen LogP contribution in [-0.4, -0.2) is 22.9 Å². The van der Waals surface area contributed by atoms with Gasteiger partial charge in [-0.05, 0) is 6.42 Å². The third-order valence-corrected chi connectivity index (χ3v) is 2.03. The lowest BCUT2D eigenvalue weighted by atomic mass is 10.2. The lowest BCUT2D eigenvalue weighted by Crippen LogP contribution is -2.45. The van der Waals surface area contributed by atoms with Crippen LogP contribution in [0.1, 0.15) is 26.2 Å². The molecule has 0 radical (unpaired) electrons. The average molecular weight is 219 g/mol. The van der Waals surface area contributed by atoms with Crippen LogP contribution in [-0.2, 0) is 9.59 Å². The first-order valence-corrected chi connectivity index (χ1v) is 4.47. The van der Waals surface area contributed by atoms with E-state index in [4.69, 9.17) is 5.73 Å². The van der Waals surface area contributed by atoms with Gasteiger partial charge >= 0.3 is 0 Å². The number of hydrogen-bond donors (Lipinski definition) is 1. The Morgan fingerprint density at radius 2 is 1.86 bits per heavy atom. The number of nitrogens with two attached hydrogens (primary N) is 1. The Morgan fingerprint density at radius 3 is 2.29 bits per heavy atom. The first kappa shape index (κ1) is 13.1. The molecule has 0 spiro atoms. The predicted molar refractivity (Wildman–Crippen MR) is 55.7 cm³/mol. The first-order valence-electron chi connectivity index (χ1n) is 4.47. The molecule has 4 nitrogen and oxygen atoms in total. The summed E-state index contributed by atoms with van der Waals surface area (Å²) in [5, 5.41) is 0. The van der Waals surface area contributed by atoms with Crippen molar-refractivity contribution in [2.24, 2.45) is 5.73 Å². The fraction of sp³-hybridized carbons (Fsp3) is 0.556. The molecule has 5 heteroatoms. The average Bonchev–Trinajstić information content (AvgIpc) is 2.42. The Morgan fingerprint density at radius 1 is 1.36 bits per heavy atom. The molecule has 1 aliphatic rings. The van der Waals surface area contributed by atoms with E-state index in [2.05, 4.69) is 0 Å². The highest BCUT2D eigenvalue weighted by atomic mass is 35.5. The second-order valence-electron chi connectivity index (χ2n) is 3.09. The molecule has 0 bridgehead atoms. The predicted octanol–water partition coefficient (Wildman–Crippen LogP) is 0.808. The molecule has 1 atom stereocenters. The van der Waals surface area contributed by atoms with E-state index in [0.717, 1.165) is 17.7 Å². The van der Waals surface area contributed by atoms with Crippen LogP contribution in [0.5, 0.6) is 0 Å². The molecule has 0 fully saturated rings. The number of imide groups is 1. The van der Waals surface area contributed by atoms with E-state index in [1.807, 2.05) is 6.92 Å². The summed E-state index contributed by atoms with van der Waals surface area (Å²) >= 11 is 0. The van der Waals surface area contributed by atoms with Gasteiger partial charge in [0.25, 0.3) is 11.8 Å². The van der Waals surface area contributed by atoms with Crippen molar-refractivity contribution in [2.75, 3.05) is 0 Å². The molecule has 0 aromatic rings. The number of unbranched alkanes of at least 4 members (excludes halogenated alkanes) is 1. The number of amides is 2. The van der Waals surface area contributed by atoms with Crippen molar-refractivity contribution < 1.29 is 9.59 Å². The SMILES string of the molecule is CCCCC(N)N1C(=O)C=CC1=O.Cl. The summed E-state index contributed by atoms with van der Waals surface area (Å²) in [6.45, 7) is 2.04. The minimum Gasteiger partial charge on any atom is -0.311 e. The Bertz CT molecular complexity index is 235. The summed E-state index contributed by atoms with van der Waals surface area (Å²) < 4.78 is 0. The zero-order valence-corrected chi connectivity index (χ0v) is 8.92. The molecule has 0 aromatic carbocycles. The highest BCUT2D eigenvalue weighted by Gasteiger charge is 2.27. The summed E-state index contributed by atoms with van der Waals surface area (Å²) in [5.74, 6) is -0.595. The van der Waals surface area contributed by atoms with Crippen molar-refractivity contribution in [3.05, 3.63) is 12.2 Å². The van der Waals surface area contributed by atoms with E-state index < -0.39 is 6.17 Å². The number of rotatable bonds is 4. The van der Waals surface area contributed by atoms with E-state index in [9.17, 15) is 9.59 Å². The standard InChI is InChI=1S/C9H14N2O2.ClH/c1-2-3-4-7(10)11-8(12)5-6-9(11)13;/h5-7H,2-4,10H2,1H3;1H. The third kappa shape index (κ3) is 2.82. The normalized spacial score (nSPS) is 17.1. The highest BCUT2D eigenvalue weighted by Crippen LogP contribution is 2.10. The summed E-state index contributed by atoms with van der Waals surface area (Å²) in [5.41, 5.74) is 5.69. The van der Waals surface area contributed by atoms with E-state index in [1.165, 1.54) is 12.2 Å². The van der Waals surface area contributed by atoms with Crippen LogP contribution >= 0.6 is 12.4 Å². The van der Waals surface area contributed by atoms with Crippen LogP contribution in [0.15, 0.2) is 12.2 Å². The monoisotopic (exact) mass is 218 g/mol. The molecule has 1 rings (SSSR count). The number of halogens is 1.